The van der Waals surface area contributed by atoms with Crippen LogP contribution in [0.4, 0.5) is 10.2 Å². The van der Waals surface area contributed by atoms with Gasteiger partial charge < -0.3 is 5.73 Å². The molecule has 2 aromatic carbocycles. The molecule has 2 aromatic heterocycles. The number of nitrogens with two attached hydrogens (primary N) is 1. The monoisotopic (exact) mass is 379 g/mol. The number of nitrogen functional groups attached to an aromatic ring is 1. The van der Waals surface area contributed by atoms with Crippen molar-refractivity contribution in [1.82, 2.24) is 20.0 Å². The Hall–Kier alpha value is -3.06. The number of halogens is 1. The number of hydrogen-bond donors (Lipinski definition) is 1. The number of thiazole rings is 1. The highest BCUT2D eigenvalue weighted by Crippen LogP contribution is 2.33. The highest BCUT2D eigenvalue weighted by molar-refractivity contribution is 7.13. The quantitative estimate of drug-likeness (QED) is 0.560. The van der Waals surface area contributed by atoms with E-state index in [9.17, 15) is 4.39 Å². The van der Waals surface area contributed by atoms with E-state index in [4.69, 9.17) is 10.7 Å². The van der Waals surface area contributed by atoms with E-state index in [2.05, 4.69) is 42.4 Å². The molecule has 0 fully saturated rings. The van der Waals surface area contributed by atoms with E-state index < -0.39 is 0 Å². The van der Waals surface area contributed by atoms with Crippen LogP contribution in [0.25, 0.3) is 27.6 Å². The molecule has 0 radical (unpaired) electrons. The summed E-state index contributed by atoms with van der Waals surface area (Å²) in [5.41, 5.74) is 12.1. The summed E-state index contributed by atoms with van der Waals surface area (Å²) in [6, 6.07) is 11.1. The fraction of sp³-hybridized carbons (Fsp3) is 0.150. The summed E-state index contributed by atoms with van der Waals surface area (Å²) in [6.45, 7) is 5.82. The zero-order chi connectivity index (χ0) is 19.1. The molecule has 5 nitrogen and oxygen atoms in total. The molecule has 4 aromatic rings. The molecule has 0 bridgehead atoms. The van der Waals surface area contributed by atoms with Crippen LogP contribution in [-0.2, 0) is 0 Å². The van der Waals surface area contributed by atoms with Crippen LogP contribution in [0.1, 0.15) is 16.7 Å². The van der Waals surface area contributed by atoms with Crippen LogP contribution in [0.3, 0.4) is 0 Å². The SMILES string of the molecule is Cc1ccc(C)c(-c2csc(-c3nnn(-c4ccc(C)c(F)c4)c3N)n2)c1. The van der Waals surface area contributed by atoms with Crippen molar-refractivity contribution in [3.63, 3.8) is 0 Å². The maximum absolute atomic E-state index is 13.9. The molecule has 136 valence electrons. The van der Waals surface area contributed by atoms with Gasteiger partial charge in [-0.2, -0.15) is 4.68 Å². The van der Waals surface area contributed by atoms with Crippen molar-refractivity contribution in [2.45, 2.75) is 20.8 Å². The summed E-state index contributed by atoms with van der Waals surface area (Å²) in [7, 11) is 0. The number of aromatic nitrogens is 4. The van der Waals surface area contributed by atoms with E-state index in [1.165, 1.54) is 27.6 Å². The summed E-state index contributed by atoms with van der Waals surface area (Å²) < 4.78 is 15.3. The van der Waals surface area contributed by atoms with Crippen molar-refractivity contribution in [2.75, 3.05) is 5.73 Å². The van der Waals surface area contributed by atoms with Crippen molar-refractivity contribution in [3.05, 3.63) is 64.3 Å². The highest BCUT2D eigenvalue weighted by atomic mass is 32.1. The van der Waals surface area contributed by atoms with Crippen molar-refractivity contribution >= 4 is 17.2 Å². The van der Waals surface area contributed by atoms with Crippen LogP contribution in [0.5, 0.6) is 0 Å². The lowest BCUT2D eigenvalue weighted by Crippen LogP contribution is -2.03. The smallest absolute Gasteiger partial charge is 0.165 e. The summed E-state index contributed by atoms with van der Waals surface area (Å²) in [4.78, 5) is 4.70. The summed E-state index contributed by atoms with van der Waals surface area (Å²) in [5, 5.41) is 10.9. The second kappa shape index (κ2) is 6.59. The minimum atomic E-state index is -0.310. The number of hydrogen-bond acceptors (Lipinski definition) is 5. The average Bonchev–Trinajstić information content (AvgIpc) is 3.26. The molecule has 0 unspecified atom stereocenters. The molecule has 2 heterocycles. The van der Waals surface area contributed by atoms with Gasteiger partial charge in [-0.15, -0.1) is 16.4 Å². The number of benzene rings is 2. The molecule has 0 atom stereocenters. The maximum Gasteiger partial charge on any atom is 0.165 e. The van der Waals surface area contributed by atoms with Gasteiger partial charge in [0.15, 0.2) is 11.5 Å². The van der Waals surface area contributed by atoms with Crippen LogP contribution in [0, 0.1) is 26.6 Å². The predicted molar refractivity (Wildman–Crippen MR) is 106 cm³/mol. The van der Waals surface area contributed by atoms with Gasteiger partial charge in [-0.05, 0) is 50.1 Å². The van der Waals surface area contributed by atoms with Gasteiger partial charge in [0.05, 0.1) is 11.4 Å². The molecule has 0 aliphatic heterocycles. The first-order valence-corrected chi connectivity index (χ1v) is 9.33. The second-order valence-corrected chi connectivity index (χ2v) is 7.38. The fourth-order valence-electron chi connectivity index (χ4n) is 2.86. The predicted octanol–water partition coefficient (Wildman–Crippen LogP) is 4.70. The van der Waals surface area contributed by atoms with Gasteiger partial charge >= 0.3 is 0 Å². The Morgan fingerprint density at radius 3 is 2.59 bits per heavy atom. The van der Waals surface area contributed by atoms with Gasteiger partial charge in [0.1, 0.15) is 10.8 Å². The maximum atomic E-state index is 13.9. The summed E-state index contributed by atoms with van der Waals surface area (Å²) in [5.74, 6) is 0.0236. The minimum Gasteiger partial charge on any atom is -0.382 e. The van der Waals surface area contributed by atoms with Gasteiger partial charge in [-0.3, -0.25) is 0 Å². The van der Waals surface area contributed by atoms with E-state index in [0.29, 0.717) is 27.8 Å². The number of nitrogens with zero attached hydrogens (tertiary/aromatic N) is 4. The lowest BCUT2D eigenvalue weighted by molar-refractivity contribution is 0.616. The van der Waals surface area contributed by atoms with Gasteiger partial charge in [0, 0.05) is 10.9 Å². The standard InChI is InChI=1S/C20H18FN5S/c1-11-4-5-12(2)15(8-11)17-10-27-20(23-17)18-19(22)26(25-24-18)14-7-6-13(3)16(21)9-14/h4-10H,22H2,1-3H3. The number of anilines is 1. The Morgan fingerprint density at radius 2 is 1.81 bits per heavy atom. The molecule has 0 aliphatic rings. The fourth-order valence-corrected chi connectivity index (χ4v) is 3.67. The van der Waals surface area contributed by atoms with E-state index in [-0.39, 0.29) is 5.82 Å². The van der Waals surface area contributed by atoms with Gasteiger partial charge in [-0.1, -0.05) is 29.0 Å². The van der Waals surface area contributed by atoms with Gasteiger partial charge in [-0.25, -0.2) is 9.37 Å². The molecule has 0 saturated heterocycles. The first kappa shape index (κ1) is 17.4. The lowest BCUT2D eigenvalue weighted by atomic mass is 10.0. The third-order valence-corrected chi connectivity index (χ3v) is 5.33. The average molecular weight is 379 g/mol. The Balaban J connectivity index is 1.73. The zero-order valence-corrected chi connectivity index (χ0v) is 16.0. The third-order valence-electron chi connectivity index (χ3n) is 4.48. The van der Waals surface area contributed by atoms with E-state index in [1.54, 1.807) is 19.1 Å². The van der Waals surface area contributed by atoms with E-state index >= 15 is 0 Å². The van der Waals surface area contributed by atoms with Crippen LogP contribution < -0.4 is 5.73 Å². The lowest BCUT2D eigenvalue weighted by Gasteiger charge is -2.04. The Kier molecular flexibility index (Phi) is 4.24. The zero-order valence-electron chi connectivity index (χ0n) is 15.2. The molecular formula is C20H18FN5S. The summed E-state index contributed by atoms with van der Waals surface area (Å²) in [6.07, 6.45) is 0. The number of rotatable bonds is 3. The second-order valence-electron chi connectivity index (χ2n) is 6.52. The van der Waals surface area contributed by atoms with Crippen molar-refractivity contribution in [1.29, 1.82) is 0 Å². The van der Waals surface area contributed by atoms with Crippen molar-refractivity contribution in [2.24, 2.45) is 0 Å². The molecule has 0 saturated carbocycles. The largest absolute Gasteiger partial charge is 0.382 e. The van der Waals surface area contributed by atoms with Crippen molar-refractivity contribution in [3.8, 4) is 27.6 Å². The molecule has 4 rings (SSSR count). The molecule has 27 heavy (non-hydrogen) atoms. The molecule has 2 N–H and O–H groups in total. The molecular weight excluding hydrogens is 361 g/mol. The van der Waals surface area contributed by atoms with Gasteiger partial charge in [0.2, 0.25) is 0 Å². The first-order chi connectivity index (χ1) is 12.9. The van der Waals surface area contributed by atoms with Crippen LogP contribution in [0.15, 0.2) is 41.8 Å². The van der Waals surface area contributed by atoms with Gasteiger partial charge in [0.25, 0.3) is 0 Å². The van der Waals surface area contributed by atoms with Crippen molar-refractivity contribution < 1.29 is 4.39 Å². The molecule has 0 aliphatic carbocycles. The normalized spacial score (nSPS) is 11.1. The minimum absolute atomic E-state index is 0.310. The summed E-state index contributed by atoms with van der Waals surface area (Å²) >= 11 is 1.46. The Morgan fingerprint density at radius 1 is 1.04 bits per heavy atom. The Bertz CT molecular complexity index is 1150. The Labute approximate surface area is 160 Å². The number of aryl methyl sites for hydroxylation is 3. The van der Waals surface area contributed by atoms with Crippen LogP contribution in [-0.4, -0.2) is 20.0 Å². The molecule has 0 spiro atoms. The van der Waals surface area contributed by atoms with Crippen LogP contribution in [0.2, 0.25) is 0 Å². The molecule has 0 amide bonds. The molecule has 7 heteroatoms. The van der Waals surface area contributed by atoms with E-state index in [1.807, 2.05) is 5.38 Å². The van der Waals surface area contributed by atoms with E-state index in [0.717, 1.165) is 16.8 Å². The third kappa shape index (κ3) is 3.10. The van der Waals surface area contributed by atoms with Crippen LogP contribution >= 0.6 is 11.3 Å². The topological polar surface area (TPSA) is 69.6 Å². The highest BCUT2D eigenvalue weighted by Gasteiger charge is 2.18. The first-order valence-electron chi connectivity index (χ1n) is 8.45.